The zero-order valence-corrected chi connectivity index (χ0v) is 19.2. The molecule has 0 bridgehead atoms. The van der Waals surface area contributed by atoms with E-state index in [4.69, 9.17) is 0 Å². The minimum atomic E-state index is -0.131. The molecular weight excluding hydrogens is 416 g/mol. The van der Waals surface area contributed by atoms with E-state index in [2.05, 4.69) is 95.4 Å². The zero-order chi connectivity index (χ0) is 23.1. The van der Waals surface area contributed by atoms with Crippen molar-refractivity contribution in [3.63, 3.8) is 0 Å². The molecular formula is C31H26N2O. The summed E-state index contributed by atoms with van der Waals surface area (Å²) in [7, 11) is 2.13. The summed E-state index contributed by atoms with van der Waals surface area (Å²) in [5, 5.41) is 1.20. The van der Waals surface area contributed by atoms with E-state index >= 15 is 0 Å². The number of hydrogen-bond donors (Lipinski definition) is 0. The molecule has 3 heteroatoms. The lowest BCUT2D eigenvalue weighted by Gasteiger charge is -2.27. The highest BCUT2D eigenvalue weighted by Gasteiger charge is 2.40. The lowest BCUT2D eigenvalue weighted by Crippen LogP contribution is -2.31. The van der Waals surface area contributed by atoms with Crippen LogP contribution in [0.2, 0.25) is 0 Å². The van der Waals surface area contributed by atoms with Gasteiger partial charge in [0.15, 0.2) is 0 Å². The Labute approximate surface area is 199 Å². The molecule has 0 N–H and O–H groups in total. The van der Waals surface area contributed by atoms with Gasteiger partial charge < -0.3 is 9.47 Å². The van der Waals surface area contributed by atoms with Gasteiger partial charge in [-0.15, -0.1) is 0 Å². The lowest BCUT2D eigenvalue weighted by atomic mass is 9.93. The van der Waals surface area contributed by atoms with Crippen molar-refractivity contribution in [3.05, 3.63) is 131 Å². The maximum Gasteiger partial charge on any atom is 0.255 e. The van der Waals surface area contributed by atoms with Crippen LogP contribution >= 0.6 is 0 Å². The maximum atomic E-state index is 13.7. The molecule has 6 rings (SSSR count). The van der Waals surface area contributed by atoms with Gasteiger partial charge in [0.2, 0.25) is 0 Å². The smallest absolute Gasteiger partial charge is 0.255 e. The molecule has 0 saturated carbocycles. The van der Waals surface area contributed by atoms with Crippen molar-refractivity contribution in [1.82, 2.24) is 9.47 Å². The largest absolute Gasteiger partial charge is 0.343 e. The predicted molar refractivity (Wildman–Crippen MR) is 138 cm³/mol. The molecule has 1 aromatic heterocycles. The summed E-state index contributed by atoms with van der Waals surface area (Å²) < 4.78 is 2.28. The average molecular weight is 443 g/mol. The van der Waals surface area contributed by atoms with E-state index < -0.39 is 0 Å². The molecule has 4 aromatic carbocycles. The van der Waals surface area contributed by atoms with Crippen molar-refractivity contribution >= 4 is 16.8 Å². The minimum Gasteiger partial charge on any atom is -0.343 e. The first-order valence-corrected chi connectivity index (χ1v) is 11.8. The fourth-order valence-corrected chi connectivity index (χ4v) is 5.45. The van der Waals surface area contributed by atoms with Crippen molar-refractivity contribution in [1.29, 1.82) is 0 Å². The minimum absolute atomic E-state index is 0.114. The summed E-state index contributed by atoms with van der Waals surface area (Å²) in [6, 6.07) is 37.5. The monoisotopic (exact) mass is 442 g/mol. The van der Waals surface area contributed by atoms with Gasteiger partial charge in [-0.05, 0) is 35.2 Å². The third-order valence-corrected chi connectivity index (χ3v) is 7.01. The number of para-hydroxylation sites is 1. The summed E-state index contributed by atoms with van der Waals surface area (Å²) in [5.41, 5.74) is 7.86. The molecule has 3 nitrogen and oxygen atoms in total. The summed E-state index contributed by atoms with van der Waals surface area (Å²) >= 11 is 0. The Morgan fingerprint density at radius 1 is 0.735 bits per heavy atom. The zero-order valence-electron chi connectivity index (χ0n) is 19.2. The van der Waals surface area contributed by atoms with Gasteiger partial charge >= 0.3 is 0 Å². The molecule has 1 atom stereocenters. The second kappa shape index (κ2) is 8.35. The lowest BCUT2D eigenvalue weighted by molar-refractivity contribution is 0.0753. The molecule has 1 aliphatic rings. The Kier molecular flexibility index (Phi) is 5.03. The highest BCUT2D eigenvalue weighted by atomic mass is 16.2. The molecule has 0 spiro atoms. The summed E-state index contributed by atoms with van der Waals surface area (Å²) in [6.07, 6.45) is 0.822. The third-order valence-electron chi connectivity index (χ3n) is 7.01. The number of carbonyl (C=O) groups excluding carboxylic acids is 1. The fraction of sp³-hybridized carbons (Fsp3) is 0.129. The van der Waals surface area contributed by atoms with Crippen molar-refractivity contribution in [2.24, 2.45) is 7.05 Å². The molecule has 0 aliphatic carbocycles. The van der Waals surface area contributed by atoms with Gasteiger partial charge in [0.25, 0.3) is 5.91 Å². The van der Waals surface area contributed by atoms with Crippen LogP contribution in [0.3, 0.4) is 0 Å². The Hall–Kier alpha value is -4.11. The number of benzene rings is 4. The Balaban J connectivity index is 1.57. The molecule has 166 valence electrons. The van der Waals surface area contributed by atoms with Crippen molar-refractivity contribution in [2.45, 2.75) is 12.5 Å². The number of amides is 1. The van der Waals surface area contributed by atoms with Crippen LogP contribution in [0.25, 0.3) is 22.2 Å². The standard InChI is InChI=1S/C31H26N2O/c1-32-27-19-11-10-18-26(27)28(29(32)23-14-6-3-7-15-23)30-24-16-8-9-17-25(24)31(34)33(30)21-20-22-12-4-2-5-13-22/h2-19,30H,20-21H2,1H3/t30-/m1/s1. The number of aryl methyl sites for hydroxylation is 1. The second-order valence-electron chi connectivity index (χ2n) is 8.93. The van der Waals surface area contributed by atoms with Crippen molar-refractivity contribution in [3.8, 4) is 11.3 Å². The average Bonchev–Trinajstić information content (AvgIpc) is 3.34. The van der Waals surface area contributed by atoms with Crippen LogP contribution in [0.1, 0.15) is 33.1 Å². The first-order valence-electron chi connectivity index (χ1n) is 11.8. The van der Waals surface area contributed by atoms with Gasteiger partial charge in [0.1, 0.15) is 0 Å². The Bertz CT molecular complexity index is 1480. The SMILES string of the molecule is Cn1c(-c2ccccc2)c([C@H]2c3ccccc3C(=O)N2CCc2ccccc2)c2ccccc21. The quantitative estimate of drug-likeness (QED) is 0.300. The van der Waals surface area contributed by atoms with Crippen LogP contribution < -0.4 is 0 Å². The van der Waals surface area contributed by atoms with Gasteiger partial charge in [-0.1, -0.05) is 97.1 Å². The van der Waals surface area contributed by atoms with Crippen LogP contribution in [0.4, 0.5) is 0 Å². The van der Waals surface area contributed by atoms with E-state index in [1.54, 1.807) is 0 Å². The Morgan fingerprint density at radius 3 is 2.18 bits per heavy atom. The van der Waals surface area contributed by atoms with Crippen LogP contribution in [0.15, 0.2) is 109 Å². The van der Waals surface area contributed by atoms with Gasteiger partial charge in [-0.3, -0.25) is 4.79 Å². The number of nitrogens with zero attached hydrogens (tertiary/aromatic N) is 2. The van der Waals surface area contributed by atoms with E-state index in [-0.39, 0.29) is 11.9 Å². The molecule has 1 aliphatic heterocycles. The Morgan fingerprint density at radius 2 is 1.38 bits per heavy atom. The summed E-state index contributed by atoms with van der Waals surface area (Å²) in [5.74, 6) is 0.114. The molecule has 0 unspecified atom stereocenters. The predicted octanol–water partition coefficient (Wildman–Crippen LogP) is 6.63. The first kappa shape index (κ1) is 20.5. The van der Waals surface area contributed by atoms with Gasteiger partial charge in [-0.25, -0.2) is 0 Å². The number of carbonyl (C=O) groups is 1. The van der Waals surface area contributed by atoms with Crippen LogP contribution in [-0.4, -0.2) is 21.9 Å². The molecule has 5 aromatic rings. The molecule has 34 heavy (non-hydrogen) atoms. The van der Waals surface area contributed by atoms with E-state index in [1.807, 2.05) is 30.3 Å². The number of aromatic nitrogens is 1. The fourth-order valence-electron chi connectivity index (χ4n) is 5.45. The van der Waals surface area contributed by atoms with Crippen molar-refractivity contribution in [2.75, 3.05) is 6.54 Å². The van der Waals surface area contributed by atoms with Gasteiger partial charge in [0.05, 0.1) is 11.7 Å². The second-order valence-corrected chi connectivity index (χ2v) is 8.93. The van der Waals surface area contributed by atoms with E-state index in [0.29, 0.717) is 6.54 Å². The van der Waals surface area contributed by atoms with E-state index in [1.165, 1.54) is 27.7 Å². The number of hydrogen-bond acceptors (Lipinski definition) is 1. The van der Waals surface area contributed by atoms with Gasteiger partial charge in [0, 0.05) is 35.6 Å². The highest BCUT2D eigenvalue weighted by molar-refractivity contribution is 6.02. The molecule has 0 fully saturated rings. The van der Waals surface area contributed by atoms with E-state index in [9.17, 15) is 4.79 Å². The van der Waals surface area contributed by atoms with E-state index in [0.717, 1.165) is 23.1 Å². The summed E-state index contributed by atoms with van der Waals surface area (Å²) in [4.78, 5) is 15.8. The molecule has 0 saturated heterocycles. The van der Waals surface area contributed by atoms with Gasteiger partial charge in [-0.2, -0.15) is 0 Å². The third kappa shape index (κ3) is 3.24. The molecule has 0 radical (unpaired) electrons. The molecule has 2 heterocycles. The van der Waals surface area contributed by atoms with Crippen molar-refractivity contribution < 1.29 is 4.79 Å². The summed E-state index contributed by atoms with van der Waals surface area (Å²) in [6.45, 7) is 0.666. The van der Waals surface area contributed by atoms with Crippen LogP contribution in [0.5, 0.6) is 0 Å². The van der Waals surface area contributed by atoms with Crippen LogP contribution in [0, 0.1) is 0 Å². The van der Waals surface area contributed by atoms with Crippen LogP contribution in [-0.2, 0) is 13.5 Å². The topological polar surface area (TPSA) is 25.2 Å². The number of fused-ring (bicyclic) bond motifs is 2. The maximum absolute atomic E-state index is 13.7. The number of rotatable bonds is 5. The highest BCUT2D eigenvalue weighted by Crippen LogP contribution is 2.46. The first-order chi connectivity index (χ1) is 16.7. The molecule has 1 amide bonds. The normalized spacial score (nSPS) is 15.1.